The lowest BCUT2D eigenvalue weighted by Gasteiger charge is -2.37. The number of nitrogens with two attached hydrogens (primary N) is 1. The Morgan fingerprint density at radius 2 is 1.44 bits per heavy atom. The monoisotopic (exact) mass is 550 g/mol. The number of piperazine rings is 1. The van der Waals surface area contributed by atoms with Crippen LogP contribution < -0.4 is 21.3 Å². The predicted octanol–water partition coefficient (Wildman–Crippen LogP) is 3.77. The number of hydrogen-bond acceptors (Lipinski definition) is 6. The van der Waals surface area contributed by atoms with Crippen LogP contribution in [0.25, 0.3) is 0 Å². The van der Waals surface area contributed by atoms with Gasteiger partial charge in [0.05, 0.1) is 23.0 Å². The van der Waals surface area contributed by atoms with Gasteiger partial charge in [-0.25, -0.2) is 0 Å². The van der Waals surface area contributed by atoms with E-state index in [1.165, 1.54) is 0 Å². The molecule has 5 rings (SSSR count). The van der Waals surface area contributed by atoms with E-state index in [0.29, 0.717) is 54.1 Å². The molecular weight excluding hydrogens is 516 g/mol. The summed E-state index contributed by atoms with van der Waals surface area (Å²) >= 11 is 0. The van der Waals surface area contributed by atoms with Crippen LogP contribution in [-0.2, 0) is 0 Å². The zero-order valence-electron chi connectivity index (χ0n) is 22.9. The molecular formula is C32H34N6O3. The quantitative estimate of drug-likeness (QED) is 0.428. The molecule has 3 aromatic rings. The van der Waals surface area contributed by atoms with Crippen molar-refractivity contribution in [1.82, 2.24) is 10.2 Å². The van der Waals surface area contributed by atoms with Crippen LogP contribution in [0.2, 0.25) is 0 Å². The normalized spacial score (nSPS) is 18.7. The highest BCUT2D eigenvalue weighted by molar-refractivity contribution is 6.07. The van der Waals surface area contributed by atoms with Gasteiger partial charge in [-0.1, -0.05) is 18.2 Å². The fourth-order valence-corrected chi connectivity index (χ4v) is 5.39. The second-order valence-electron chi connectivity index (χ2n) is 10.6. The van der Waals surface area contributed by atoms with Gasteiger partial charge in [-0.05, 0) is 80.3 Å². The summed E-state index contributed by atoms with van der Waals surface area (Å²) in [5.74, 6) is -0.535. The summed E-state index contributed by atoms with van der Waals surface area (Å²) in [6.07, 6.45) is 3.46. The van der Waals surface area contributed by atoms with Crippen LogP contribution in [0.3, 0.4) is 0 Å². The third-order valence-electron chi connectivity index (χ3n) is 7.82. The number of amides is 3. The Bertz CT molecular complexity index is 1430. The van der Waals surface area contributed by atoms with E-state index in [9.17, 15) is 14.4 Å². The summed E-state index contributed by atoms with van der Waals surface area (Å²) in [4.78, 5) is 43.3. The van der Waals surface area contributed by atoms with Gasteiger partial charge in [0, 0.05) is 55.0 Å². The van der Waals surface area contributed by atoms with E-state index in [2.05, 4.69) is 21.6 Å². The Hall–Kier alpha value is -4.68. The zero-order valence-corrected chi connectivity index (χ0v) is 22.9. The van der Waals surface area contributed by atoms with Gasteiger partial charge in [0.1, 0.15) is 0 Å². The van der Waals surface area contributed by atoms with Gasteiger partial charge in [-0.2, -0.15) is 5.26 Å². The van der Waals surface area contributed by atoms with Crippen molar-refractivity contribution in [3.63, 3.8) is 0 Å². The fraction of sp³-hybridized carbons (Fsp3) is 0.312. The van der Waals surface area contributed by atoms with Gasteiger partial charge in [0.15, 0.2) is 0 Å². The maximum absolute atomic E-state index is 13.2. The summed E-state index contributed by atoms with van der Waals surface area (Å²) in [6.45, 7) is 2.21. The van der Waals surface area contributed by atoms with Gasteiger partial charge in [0.2, 0.25) is 0 Å². The molecule has 41 heavy (non-hydrogen) atoms. The molecule has 9 heteroatoms. The summed E-state index contributed by atoms with van der Waals surface area (Å²) < 4.78 is 0. The Morgan fingerprint density at radius 3 is 2.10 bits per heavy atom. The van der Waals surface area contributed by atoms with E-state index in [1.54, 1.807) is 36.4 Å². The van der Waals surface area contributed by atoms with Gasteiger partial charge >= 0.3 is 0 Å². The van der Waals surface area contributed by atoms with Gasteiger partial charge < -0.3 is 26.2 Å². The highest BCUT2D eigenvalue weighted by Crippen LogP contribution is 2.30. The van der Waals surface area contributed by atoms with E-state index in [0.717, 1.165) is 31.4 Å². The van der Waals surface area contributed by atoms with Crippen LogP contribution in [0.5, 0.6) is 0 Å². The molecule has 0 spiro atoms. The smallest absolute Gasteiger partial charge is 0.255 e. The topological polar surface area (TPSA) is 132 Å². The Balaban J connectivity index is 1.34. The Kier molecular flexibility index (Phi) is 8.61. The van der Waals surface area contributed by atoms with Crippen LogP contribution in [0.4, 0.5) is 11.4 Å². The van der Waals surface area contributed by atoms with E-state index in [1.807, 2.05) is 41.3 Å². The van der Waals surface area contributed by atoms with Crippen molar-refractivity contribution in [3.05, 3.63) is 95.1 Å². The standard InChI is InChI=1S/C32H34N6O3/c33-21-22-6-8-23(9-7-22)30(39)36-28-20-25(31(40)35-27-13-11-26(34)12-14-27)10-15-29(28)37-16-18-38(19-17-37)32(41)24-4-2-1-3-5-24/h1-10,15,20,26-27H,11-14,16-19,34H2,(H,35,40)(H,36,39). The number of carbonyl (C=O) groups excluding carboxylic acids is 3. The number of anilines is 2. The predicted molar refractivity (Wildman–Crippen MR) is 158 cm³/mol. The van der Waals surface area contributed by atoms with Crippen LogP contribution in [-0.4, -0.2) is 60.9 Å². The van der Waals surface area contributed by atoms with Crippen molar-refractivity contribution in [1.29, 1.82) is 5.26 Å². The molecule has 3 amide bonds. The van der Waals surface area contributed by atoms with Gasteiger partial charge in [-0.15, -0.1) is 0 Å². The minimum atomic E-state index is -0.340. The summed E-state index contributed by atoms with van der Waals surface area (Å²) in [5, 5.41) is 15.2. The van der Waals surface area contributed by atoms with Crippen LogP contribution in [0.1, 0.15) is 62.3 Å². The average Bonchev–Trinajstić information content (AvgIpc) is 3.02. The first-order valence-electron chi connectivity index (χ1n) is 14.0. The summed E-state index contributed by atoms with van der Waals surface area (Å²) in [6, 6.07) is 23.3. The van der Waals surface area contributed by atoms with Crippen molar-refractivity contribution in [3.8, 4) is 6.07 Å². The largest absolute Gasteiger partial charge is 0.366 e. The minimum absolute atomic E-state index is 0.00437. The maximum Gasteiger partial charge on any atom is 0.255 e. The second-order valence-corrected chi connectivity index (χ2v) is 10.6. The lowest BCUT2D eigenvalue weighted by atomic mass is 9.91. The molecule has 3 aromatic carbocycles. The van der Waals surface area contributed by atoms with E-state index >= 15 is 0 Å². The number of benzene rings is 3. The van der Waals surface area contributed by atoms with Crippen LogP contribution in [0.15, 0.2) is 72.8 Å². The van der Waals surface area contributed by atoms with Crippen LogP contribution in [0, 0.1) is 11.3 Å². The molecule has 0 bridgehead atoms. The number of nitrogens with zero attached hydrogens (tertiary/aromatic N) is 3. The molecule has 0 atom stereocenters. The number of nitrogens with one attached hydrogen (secondary N) is 2. The third-order valence-corrected chi connectivity index (χ3v) is 7.82. The summed E-state index contributed by atoms with van der Waals surface area (Å²) in [7, 11) is 0. The first-order chi connectivity index (χ1) is 19.9. The molecule has 1 saturated carbocycles. The molecule has 1 saturated heterocycles. The zero-order chi connectivity index (χ0) is 28.8. The number of carbonyl (C=O) groups is 3. The van der Waals surface area contributed by atoms with Gasteiger partial charge in [0.25, 0.3) is 17.7 Å². The average molecular weight is 551 g/mol. The molecule has 2 fully saturated rings. The highest BCUT2D eigenvalue weighted by atomic mass is 16.2. The number of hydrogen-bond donors (Lipinski definition) is 3. The molecule has 9 nitrogen and oxygen atoms in total. The van der Waals surface area contributed by atoms with Crippen molar-refractivity contribution < 1.29 is 14.4 Å². The molecule has 210 valence electrons. The molecule has 1 heterocycles. The first kappa shape index (κ1) is 27.9. The molecule has 0 unspecified atom stereocenters. The van der Waals surface area contributed by atoms with Crippen molar-refractivity contribution >= 4 is 29.1 Å². The van der Waals surface area contributed by atoms with Gasteiger partial charge in [-0.3, -0.25) is 14.4 Å². The van der Waals surface area contributed by atoms with Crippen molar-refractivity contribution in [2.45, 2.75) is 37.8 Å². The Labute approximate surface area is 239 Å². The first-order valence-corrected chi connectivity index (χ1v) is 14.0. The second kappa shape index (κ2) is 12.7. The molecule has 2 aliphatic rings. The molecule has 0 radical (unpaired) electrons. The molecule has 4 N–H and O–H groups in total. The number of rotatable bonds is 6. The third kappa shape index (κ3) is 6.73. The van der Waals surface area contributed by atoms with Crippen molar-refractivity contribution in [2.24, 2.45) is 5.73 Å². The highest BCUT2D eigenvalue weighted by Gasteiger charge is 2.26. The fourth-order valence-electron chi connectivity index (χ4n) is 5.39. The lowest BCUT2D eigenvalue weighted by molar-refractivity contribution is 0.0746. The van der Waals surface area contributed by atoms with E-state index < -0.39 is 0 Å². The van der Waals surface area contributed by atoms with Crippen molar-refractivity contribution in [2.75, 3.05) is 36.4 Å². The summed E-state index contributed by atoms with van der Waals surface area (Å²) in [5.41, 5.74) is 9.29. The van der Waals surface area contributed by atoms with E-state index in [-0.39, 0.29) is 29.8 Å². The SMILES string of the molecule is N#Cc1ccc(C(=O)Nc2cc(C(=O)NC3CCC(N)CC3)ccc2N2CCN(C(=O)c3ccccc3)CC2)cc1. The number of nitriles is 1. The molecule has 0 aromatic heterocycles. The maximum atomic E-state index is 13.2. The minimum Gasteiger partial charge on any atom is -0.366 e. The molecule has 1 aliphatic carbocycles. The molecule has 1 aliphatic heterocycles. The lowest BCUT2D eigenvalue weighted by Crippen LogP contribution is -2.49. The Morgan fingerprint density at radius 1 is 0.780 bits per heavy atom. The van der Waals surface area contributed by atoms with Crippen LogP contribution >= 0.6 is 0 Å². The van der Waals surface area contributed by atoms with E-state index in [4.69, 9.17) is 11.0 Å².